The molecule has 4 aromatic rings. The Balaban J connectivity index is 1.13. The number of anilines is 2. The highest BCUT2D eigenvalue weighted by Crippen LogP contribution is 2.49. The average Bonchev–Trinajstić information content (AvgIpc) is 3.69. The fourth-order valence-corrected chi connectivity index (χ4v) is 6.46. The molecule has 8 N–H and O–H groups in total. The Morgan fingerprint density at radius 2 is 1.73 bits per heavy atom. The number of imidazole rings is 1. The van der Waals surface area contributed by atoms with Gasteiger partial charge in [0, 0.05) is 12.6 Å². The molecule has 2 fully saturated rings. The van der Waals surface area contributed by atoms with E-state index in [4.69, 9.17) is 30.0 Å². The molecule has 6 rings (SSSR count). The number of aromatic nitrogens is 7. The lowest BCUT2D eigenvalue weighted by Crippen LogP contribution is -2.29. The van der Waals surface area contributed by atoms with Crippen LogP contribution < -0.4 is 22.6 Å². The van der Waals surface area contributed by atoms with Crippen LogP contribution in [0.5, 0.6) is 0 Å². The third kappa shape index (κ3) is 6.68. The van der Waals surface area contributed by atoms with Gasteiger partial charge >= 0.3 is 15.6 Å². The van der Waals surface area contributed by atoms with E-state index in [2.05, 4.69) is 29.4 Å². The highest BCUT2D eigenvalue weighted by atomic mass is 31.2. The van der Waals surface area contributed by atoms with Crippen molar-refractivity contribution in [3.05, 3.63) is 45.8 Å². The normalized spacial score (nSPS) is 25.3. The molecule has 0 saturated carbocycles. The van der Waals surface area contributed by atoms with Crippen molar-refractivity contribution in [3.8, 4) is 0 Å². The monoisotopic (exact) mass is 671 g/mol. The fourth-order valence-electron chi connectivity index (χ4n) is 5.14. The Morgan fingerprint density at radius 1 is 0.978 bits per heavy atom. The van der Waals surface area contributed by atoms with E-state index in [1.165, 1.54) is 23.3 Å². The van der Waals surface area contributed by atoms with Crippen LogP contribution in [0.25, 0.3) is 22.1 Å². The first kappa shape index (κ1) is 31.4. The van der Waals surface area contributed by atoms with Crippen molar-refractivity contribution in [1.82, 2.24) is 34.1 Å². The molecular weight excluding hydrogens is 644 g/mol. The van der Waals surface area contributed by atoms with Crippen LogP contribution in [0, 0.1) is 0 Å². The number of phosphoric ester groups is 2. The van der Waals surface area contributed by atoms with Gasteiger partial charge in [0.25, 0.3) is 11.1 Å². The summed E-state index contributed by atoms with van der Waals surface area (Å²) in [6.45, 7) is -1.13. The van der Waals surface area contributed by atoms with Crippen LogP contribution in [0.3, 0.4) is 0 Å². The number of nitrogens with one attached hydrogen (secondary N) is 1. The zero-order chi connectivity index (χ0) is 32.1. The molecule has 4 aromatic heterocycles. The van der Waals surface area contributed by atoms with Crippen molar-refractivity contribution in [2.24, 2.45) is 0 Å². The zero-order valence-electron chi connectivity index (χ0n) is 23.0. The SMILES string of the molecule is Nc1nc2c(ncn2[C@H]2CC[C@@H](COP(=O)(O)O[C@H]3C[C@H](n4cnc5c(N)cncc5c4=O)O[C@@H]3COP(=O)(O)O)O2)c(=O)[nH]1. The van der Waals surface area contributed by atoms with Gasteiger partial charge in [0.2, 0.25) is 5.95 Å². The van der Waals surface area contributed by atoms with E-state index in [1.807, 2.05) is 0 Å². The van der Waals surface area contributed by atoms with Crippen LogP contribution in [0.1, 0.15) is 31.7 Å². The van der Waals surface area contributed by atoms with Gasteiger partial charge in [0.1, 0.15) is 36.5 Å². The molecule has 2 aliphatic rings. The number of pyridine rings is 1. The molecule has 1 unspecified atom stereocenters. The Morgan fingerprint density at radius 3 is 2.51 bits per heavy atom. The van der Waals surface area contributed by atoms with Gasteiger partial charge in [0.15, 0.2) is 11.2 Å². The third-order valence-electron chi connectivity index (χ3n) is 7.16. The van der Waals surface area contributed by atoms with E-state index in [9.17, 15) is 33.4 Å². The largest absolute Gasteiger partial charge is 0.472 e. The first-order valence-electron chi connectivity index (χ1n) is 13.3. The molecular formula is C22H27N9O12P2. The van der Waals surface area contributed by atoms with Gasteiger partial charge in [-0.1, -0.05) is 0 Å². The smallest absolute Gasteiger partial charge is 0.396 e. The minimum Gasteiger partial charge on any atom is -0.396 e. The number of hydrogen-bond acceptors (Lipinski definition) is 15. The summed E-state index contributed by atoms with van der Waals surface area (Å²) in [5, 5.41) is 0.0780. The lowest BCUT2D eigenvalue weighted by molar-refractivity contribution is -0.0493. The first-order chi connectivity index (χ1) is 21.3. The van der Waals surface area contributed by atoms with Crippen molar-refractivity contribution in [2.45, 2.75) is 50.0 Å². The van der Waals surface area contributed by atoms with E-state index in [-0.39, 0.29) is 46.7 Å². The van der Waals surface area contributed by atoms with Crippen molar-refractivity contribution >= 4 is 49.3 Å². The second-order valence-corrected chi connectivity index (χ2v) is 12.9. The standard InChI is InChI=1S/C22H27N9O12P2/c23-12-5-25-4-11-17(12)26-9-31(21(11)33)16-3-13(14(42-16)7-39-44(34,35)36)43-45(37,38)40-6-10-1-2-15(41-10)30-8-27-18-19(30)28-22(24)29-20(18)32/h4-5,8-10,13-16H,1-3,6-7,23H2,(H,37,38)(H2,34,35,36)(H3,24,28,29,32)/t10-,13-,14+,15+,16+/m0/s1. The molecule has 0 amide bonds. The summed E-state index contributed by atoms with van der Waals surface area (Å²) in [5.74, 6) is -0.100. The number of nitrogen functional groups attached to an aromatic ring is 2. The van der Waals surface area contributed by atoms with Crippen molar-refractivity contribution in [2.75, 3.05) is 24.7 Å². The molecule has 242 valence electrons. The summed E-state index contributed by atoms with van der Waals surface area (Å²) >= 11 is 0. The minimum absolute atomic E-state index is 0.0673. The highest BCUT2D eigenvalue weighted by Gasteiger charge is 2.43. The van der Waals surface area contributed by atoms with E-state index in [0.717, 1.165) is 10.9 Å². The number of aromatic amines is 1. The lowest BCUT2D eigenvalue weighted by Gasteiger charge is -2.22. The molecule has 2 aliphatic heterocycles. The molecule has 0 spiro atoms. The van der Waals surface area contributed by atoms with Crippen molar-refractivity contribution in [3.63, 3.8) is 0 Å². The second-order valence-electron chi connectivity index (χ2n) is 10.2. The highest BCUT2D eigenvalue weighted by molar-refractivity contribution is 7.47. The molecule has 0 radical (unpaired) electrons. The van der Waals surface area contributed by atoms with Gasteiger partial charge in [-0.05, 0) is 12.8 Å². The Labute approximate surface area is 250 Å². The molecule has 0 aliphatic carbocycles. The maximum atomic E-state index is 13.1. The van der Waals surface area contributed by atoms with Crippen LogP contribution in [-0.4, -0.2) is 80.3 Å². The second kappa shape index (κ2) is 12.0. The quantitative estimate of drug-likeness (QED) is 0.118. The number of nitrogens with zero attached hydrogens (tertiary/aromatic N) is 6. The van der Waals surface area contributed by atoms with Gasteiger partial charge in [-0.3, -0.25) is 42.3 Å². The van der Waals surface area contributed by atoms with Gasteiger partial charge < -0.3 is 35.6 Å². The summed E-state index contributed by atoms with van der Waals surface area (Å²) in [6, 6.07) is 0. The van der Waals surface area contributed by atoms with Crippen LogP contribution >= 0.6 is 15.6 Å². The number of rotatable bonds is 10. The topological polar surface area (TPSA) is 304 Å². The van der Waals surface area contributed by atoms with Gasteiger partial charge in [-0.15, -0.1) is 0 Å². The molecule has 0 bridgehead atoms. The molecule has 21 nitrogen and oxygen atoms in total. The summed E-state index contributed by atoms with van der Waals surface area (Å²) in [6.07, 6.45) is 0.682. The predicted molar refractivity (Wildman–Crippen MR) is 151 cm³/mol. The van der Waals surface area contributed by atoms with Gasteiger partial charge in [-0.25, -0.2) is 19.1 Å². The number of nitrogens with two attached hydrogens (primary N) is 2. The number of ether oxygens (including phenoxy) is 2. The van der Waals surface area contributed by atoms with E-state index >= 15 is 0 Å². The van der Waals surface area contributed by atoms with Crippen LogP contribution in [0.2, 0.25) is 0 Å². The van der Waals surface area contributed by atoms with E-state index < -0.39 is 64.1 Å². The molecule has 23 heteroatoms. The first-order valence-corrected chi connectivity index (χ1v) is 16.3. The van der Waals surface area contributed by atoms with Crippen LogP contribution in [0.4, 0.5) is 11.6 Å². The third-order valence-corrected chi connectivity index (χ3v) is 8.66. The van der Waals surface area contributed by atoms with Gasteiger partial charge in [0.05, 0.1) is 42.9 Å². The average molecular weight is 671 g/mol. The Hall–Kier alpha value is -3.62. The van der Waals surface area contributed by atoms with Crippen molar-refractivity contribution in [1.29, 1.82) is 0 Å². The lowest BCUT2D eigenvalue weighted by atomic mass is 10.2. The maximum absolute atomic E-state index is 13.1. The number of phosphoric acid groups is 2. The number of H-pyrrole nitrogens is 1. The molecule has 2 saturated heterocycles. The summed E-state index contributed by atoms with van der Waals surface area (Å²) < 4.78 is 53.7. The maximum Gasteiger partial charge on any atom is 0.472 e. The summed E-state index contributed by atoms with van der Waals surface area (Å²) in [7, 11) is -9.80. The van der Waals surface area contributed by atoms with E-state index in [1.54, 1.807) is 0 Å². The molecule has 45 heavy (non-hydrogen) atoms. The van der Waals surface area contributed by atoms with Crippen LogP contribution in [-0.2, 0) is 32.2 Å². The molecule has 0 aromatic carbocycles. The number of hydrogen-bond donors (Lipinski definition) is 6. The fraction of sp³-hybridized carbons (Fsp3) is 0.455. The Bertz CT molecular complexity index is 1960. The summed E-state index contributed by atoms with van der Waals surface area (Å²) in [5.41, 5.74) is 11.0. The zero-order valence-corrected chi connectivity index (χ0v) is 24.8. The number of fused-ring (bicyclic) bond motifs is 2. The minimum atomic E-state index is -4.97. The predicted octanol–water partition coefficient (Wildman–Crippen LogP) is -0.334. The Kier molecular flexibility index (Phi) is 8.33. The van der Waals surface area contributed by atoms with Crippen LogP contribution in [0.15, 0.2) is 34.6 Å². The molecule has 6 atom stereocenters. The molecule has 6 heterocycles. The van der Waals surface area contributed by atoms with Gasteiger partial charge in [-0.2, -0.15) is 4.98 Å². The van der Waals surface area contributed by atoms with Crippen molar-refractivity contribution < 1.29 is 46.9 Å². The van der Waals surface area contributed by atoms with E-state index in [0.29, 0.717) is 12.8 Å². The summed E-state index contributed by atoms with van der Waals surface area (Å²) in [4.78, 5) is 72.7.